The fourth-order valence-corrected chi connectivity index (χ4v) is 2.89. The smallest absolute Gasteiger partial charge is 0.322 e. The third-order valence-electron chi connectivity index (χ3n) is 4.44. The summed E-state index contributed by atoms with van der Waals surface area (Å²) in [5.74, 6) is -2.08. The third kappa shape index (κ3) is 5.13. The van der Waals surface area contributed by atoms with Gasteiger partial charge in [0.1, 0.15) is 23.6 Å². The average Bonchev–Trinajstić information content (AvgIpc) is 2.72. The molecule has 3 N–H and O–H groups in total. The molecule has 1 aliphatic rings. The molecular weight excluding hydrogens is 390 g/mol. The van der Waals surface area contributed by atoms with Gasteiger partial charge < -0.3 is 25.2 Å². The number of pyridine rings is 1. The first-order chi connectivity index (χ1) is 14.3. The molecule has 9 nitrogen and oxygen atoms in total. The van der Waals surface area contributed by atoms with Gasteiger partial charge in [0.15, 0.2) is 0 Å². The van der Waals surface area contributed by atoms with E-state index in [1.54, 1.807) is 36.5 Å². The topological polar surface area (TPSA) is 129 Å². The summed E-state index contributed by atoms with van der Waals surface area (Å²) < 4.78 is 5.68. The van der Waals surface area contributed by atoms with E-state index in [0.717, 1.165) is 11.1 Å². The van der Waals surface area contributed by atoms with Crippen LogP contribution in [-0.2, 0) is 20.9 Å². The first kappa shape index (κ1) is 20.8. The van der Waals surface area contributed by atoms with Crippen molar-refractivity contribution in [1.82, 2.24) is 15.2 Å². The van der Waals surface area contributed by atoms with Gasteiger partial charge >= 0.3 is 5.97 Å². The van der Waals surface area contributed by atoms with Crippen LogP contribution in [0.25, 0.3) is 0 Å². The predicted octanol–water partition coefficient (Wildman–Crippen LogP) is 1.93. The minimum absolute atomic E-state index is 0.113. The van der Waals surface area contributed by atoms with Crippen LogP contribution in [0.2, 0.25) is 0 Å². The van der Waals surface area contributed by atoms with E-state index in [1.807, 2.05) is 13.0 Å². The number of hydrogen-bond acceptors (Lipinski definition) is 6. The molecule has 1 aromatic heterocycles. The number of carbonyl (C=O) groups excluding carboxylic acids is 2. The van der Waals surface area contributed by atoms with E-state index in [4.69, 9.17) is 9.84 Å². The second-order valence-electron chi connectivity index (χ2n) is 6.79. The van der Waals surface area contributed by atoms with Crippen molar-refractivity contribution in [3.05, 3.63) is 65.1 Å². The van der Waals surface area contributed by atoms with E-state index in [2.05, 4.69) is 10.3 Å². The van der Waals surface area contributed by atoms with Crippen molar-refractivity contribution < 1.29 is 29.3 Å². The minimum Gasteiger partial charge on any atom is -0.511 e. The van der Waals surface area contributed by atoms with E-state index in [0.29, 0.717) is 11.6 Å². The van der Waals surface area contributed by atoms with Crippen molar-refractivity contribution in [2.45, 2.75) is 19.9 Å². The molecule has 0 saturated heterocycles. The Morgan fingerprint density at radius 1 is 1.20 bits per heavy atom. The number of aliphatic hydroxyl groups is 1. The number of benzene rings is 1. The van der Waals surface area contributed by atoms with Crippen LogP contribution in [0.5, 0.6) is 11.6 Å². The van der Waals surface area contributed by atoms with Gasteiger partial charge in [-0.15, -0.1) is 0 Å². The summed E-state index contributed by atoms with van der Waals surface area (Å²) in [6, 6.07) is 10.7. The molecule has 0 atom stereocenters. The quantitative estimate of drug-likeness (QED) is 0.594. The van der Waals surface area contributed by atoms with Crippen molar-refractivity contribution in [3.8, 4) is 11.6 Å². The molecule has 9 heteroatoms. The van der Waals surface area contributed by atoms with E-state index in [-0.39, 0.29) is 25.3 Å². The van der Waals surface area contributed by atoms with Crippen LogP contribution in [0.3, 0.4) is 0 Å². The lowest BCUT2D eigenvalue weighted by Gasteiger charge is -2.28. The molecule has 30 heavy (non-hydrogen) atoms. The first-order valence-electron chi connectivity index (χ1n) is 9.24. The molecular formula is C21H21N3O6. The number of nitrogens with one attached hydrogen (secondary N) is 1. The Bertz CT molecular complexity index is 983. The van der Waals surface area contributed by atoms with E-state index in [9.17, 15) is 19.5 Å². The zero-order valence-electron chi connectivity index (χ0n) is 16.3. The zero-order valence-corrected chi connectivity index (χ0v) is 16.3. The number of rotatable bonds is 7. The third-order valence-corrected chi connectivity index (χ3v) is 4.44. The molecule has 0 aliphatic carbocycles. The number of carboxylic acid groups (broad SMARTS) is 1. The van der Waals surface area contributed by atoms with Gasteiger partial charge in [-0.3, -0.25) is 14.4 Å². The van der Waals surface area contributed by atoms with Crippen LogP contribution in [0.4, 0.5) is 0 Å². The molecule has 0 spiro atoms. The molecule has 3 rings (SSSR count). The Labute approximate surface area is 172 Å². The summed E-state index contributed by atoms with van der Waals surface area (Å²) in [5, 5.41) is 20.7. The van der Waals surface area contributed by atoms with Crippen molar-refractivity contribution in [2.24, 2.45) is 0 Å². The summed E-state index contributed by atoms with van der Waals surface area (Å²) in [5.41, 5.74) is 1.41. The standard InChI is InChI=1S/C21H21N3O6/c1-13-2-7-17(22-10-13)30-15-5-3-14(4-6-15)12-24-9-8-16(25)19(21(24)29)20(28)23-11-18(26)27/h2-7,10,25H,8-9,11-12H2,1H3,(H,23,28)(H,26,27). The Morgan fingerprint density at radius 2 is 1.93 bits per heavy atom. The van der Waals surface area contributed by atoms with Crippen LogP contribution < -0.4 is 10.1 Å². The molecule has 2 aromatic rings. The van der Waals surface area contributed by atoms with Crippen molar-refractivity contribution in [3.63, 3.8) is 0 Å². The number of aliphatic carboxylic acids is 1. The maximum atomic E-state index is 12.6. The largest absolute Gasteiger partial charge is 0.511 e. The van der Waals surface area contributed by atoms with Gasteiger partial charge in [-0.05, 0) is 30.2 Å². The SMILES string of the molecule is Cc1ccc(Oc2ccc(CN3CCC(O)=C(C(=O)NCC(=O)O)C3=O)cc2)nc1. The number of carboxylic acids is 1. The first-order valence-corrected chi connectivity index (χ1v) is 9.24. The van der Waals surface area contributed by atoms with Crippen molar-refractivity contribution in [1.29, 1.82) is 0 Å². The lowest BCUT2D eigenvalue weighted by atomic mass is 10.0. The number of nitrogens with zero attached hydrogens (tertiary/aromatic N) is 2. The second-order valence-corrected chi connectivity index (χ2v) is 6.79. The Hall–Kier alpha value is -3.88. The van der Waals surface area contributed by atoms with Crippen LogP contribution in [0.15, 0.2) is 53.9 Å². The molecule has 0 unspecified atom stereocenters. The normalized spacial score (nSPS) is 13.9. The highest BCUT2D eigenvalue weighted by Crippen LogP contribution is 2.23. The number of hydrogen-bond donors (Lipinski definition) is 3. The lowest BCUT2D eigenvalue weighted by Crippen LogP contribution is -2.43. The number of aryl methyl sites for hydroxylation is 1. The number of aliphatic hydroxyl groups excluding tert-OH is 1. The Balaban J connectivity index is 1.64. The second kappa shape index (κ2) is 9.08. The molecule has 1 aromatic carbocycles. The summed E-state index contributed by atoms with van der Waals surface area (Å²) in [6.07, 6.45) is 1.82. The lowest BCUT2D eigenvalue weighted by molar-refractivity contribution is -0.138. The van der Waals surface area contributed by atoms with Crippen LogP contribution in [0, 0.1) is 6.92 Å². The molecule has 2 heterocycles. The number of aromatic nitrogens is 1. The minimum atomic E-state index is -1.24. The summed E-state index contributed by atoms with van der Waals surface area (Å²) in [6.45, 7) is 1.76. The van der Waals surface area contributed by atoms with Gasteiger partial charge in [0, 0.05) is 31.8 Å². The monoisotopic (exact) mass is 411 g/mol. The van der Waals surface area contributed by atoms with Crippen molar-refractivity contribution >= 4 is 17.8 Å². The van der Waals surface area contributed by atoms with Gasteiger partial charge in [0.25, 0.3) is 11.8 Å². The van der Waals surface area contributed by atoms with Crippen molar-refractivity contribution in [2.75, 3.05) is 13.1 Å². The predicted molar refractivity (Wildman–Crippen MR) is 106 cm³/mol. The van der Waals surface area contributed by atoms with Crippen LogP contribution >= 0.6 is 0 Å². The molecule has 1 aliphatic heterocycles. The van der Waals surface area contributed by atoms with Gasteiger partial charge in [-0.1, -0.05) is 18.2 Å². The van der Waals surface area contributed by atoms with E-state index < -0.39 is 29.9 Å². The van der Waals surface area contributed by atoms with Gasteiger partial charge in [0.05, 0.1) is 0 Å². The van der Waals surface area contributed by atoms with Crippen LogP contribution in [0.1, 0.15) is 17.5 Å². The number of carbonyl (C=O) groups is 3. The van der Waals surface area contributed by atoms with Gasteiger partial charge in [0.2, 0.25) is 5.88 Å². The molecule has 0 saturated carbocycles. The zero-order chi connectivity index (χ0) is 21.7. The summed E-state index contributed by atoms with van der Waals surface area (Å²) in [7, 11) is 0. The maximum absolute atomic E-state index is 12.6. The molecule has 2 amide bonds. The maximum Gasteiger partial charge on any atom is 0.322 e. The highest BCUT2D eigenvalue weighted by Gasteiger charge is 2.32. The highest BCUT2D eigenvalue weighted by molar-refractivity contribution is 6.19. The molecule has 0 bridgehead atoms. The number of amides is 2. The summed E-state index contributed by atoms with van der Waals surface area (Å²) >= 11 is 0. The summed E-state index contributed by atoms with van der Waals surface area (Å²) in [4.78, 5) is 40.9. The number of ether oxygens (including phenoxy) is 1. The Morgan fingerprint density at radius 3 is 2.57 bits per heavy atom. The fourth-order valence-electron chi connectivity index (χ4n) is 2.89. The molecule has 0 radical (unpaired) electrons. The fraction of sp³-hybridized carbons (Fsp3) is 0.238. The Kier molecular flexibility index (Phi) is 6.31. The molecule has 0 fully saturated rings. The van der Waals surface area contributed by atoms with Gasteiger partial charge in [-0.25, -0.2) is 4.98 Å². The molecule has 156 valence electrons. The van der Waals surface area contributed by atoms with Gasteiger partial charge in [-0.2, -0.15) is 0 Å². The highest BCUT2D eigenvalue weighted by atomic mass is 16.5. The van der Waals surface area contributed by atoms with E-state index >= 15 is 0 Å². The average molecular weight is 411 g/mol. The van der Waals surface area contributed by atoms with E-state index in [1.165, 1.54) is 4.90 Å². The van der Waals surface area contributed by atoms with Crippen LogP contribution in [-0.4, -0.2) is 51.0 Å².